The van der Waals surface area contributed by atoms with Gasteiger partial charge in [-0.05, 0) is 60.5 Å². The molecule has 0 saturated carbocycles. The SMILES string of the molecule is CCCCCOc1ccc(/C(O)=C2/C(=O)C(=O)N(c3ccccc3)C2c2ccc(O)c(Cl)c2)cc1. The highest BCUT2D eigenvalue weighted by molar-refractivity contribution is 6.51. The summed E-state index contributed by atoms with van der Waals surface area (Å²) < 4.78 is 5.73. The van der Waals surface area contributed by atoms with Crippen LogP contribution < -0.4 is 9.64 Å². The van der Waals surface area contributed by atoms with Crippen molar-refractivity contribution in [2.75, 3.05) is 11.5 Å². The highest BCUT2D eigenvalue weighted by atomic mass is 35.5. The van der Waals surface area contributed by atoms with E-state index in [-0.39, 0.29) is 22.1 Å². The number of hydrogen-bond donors (Lipinski definition) is 2. The largest absolute Gasteiger partial charge is 0.507 e. The van der Waals surface area contributed by atoms with Gasteiger partial charge in [0.1, 0.15) is 17.3 Å². The van der Waals surface area contributed by atoms with Gasteiger partial charge in [0.15, 0.2) is 0 Å². The van der Waals surface area contributed by atoms with Crippen molar-refractivity contribution in [2.45, 2.75) is 32.2 Å². The maximum Gasteiger partial charge on any atom is 0.300 e. The quantitative estimate of drug-likeness (QED) is 0.168. The number of rotatable bonds is 8. The molecule has 7 heteroatoms. The second-order valence-corrected chi connectivity index (χ2v) is 8.70. The van der Waals surface area contributed by atoms with Gasteiger partial charge in [-0.3, -0.25) is 14.5 Å². The van der Waals surface area contributed by atoms with E-state index in [2.05, 4.69) is 6.92 Å². The van der Waals surface area contributed by atoms with Crippen LogP contribution in [-0.4, -0.2) is 28.5 Å². The Labute approximate surface area is 209 Å². The summed E-state index contributed by atoms with van der Waals surface area (Å²) in [4.78, 5) is 27.7. The molecule has 1 aliphatic rings. The number of hydrogen-bond acceptors (Lipinski definition) is 5. The number of carbonyl (C=O) groups is 2. The van der Waals surface area contributed by atoms with Gasteiger partial charge in [0.25, 0.3) is 11.7 Å². The van der Waals surface area contributed by atoms with E-state index in [1.165, 1.54) is 17.0 Å². The number of amides is 1. The van der Waals surface area contributed by atoms with Crippen LogP contribution in [-0.2, 0) is 9.59 Å². The predicted molar refractivity (Wildman–Crippen MR) is 136 cm³/mol. The number of carbonyl (C=O) groups excluding carboxylic acids is 2. The lowest BCUT2D eigenvalue weighted by atomic mass is 9.95. The average molecular weight is 492 g/mol. The number of aromatic hydroxyl groups is 1. The Kier molecular flexibility index (Phi) is 7.42. The maximum absolute atomic E-state index is 13.2. The molecule has 0 bridgehead atoms. The van der Waals surface area contributed by atoms with Crippen LogP contribution >= 0.6 is 11.6 Å². The van der Waals surface area contributed by atoms with E-state index in [0.29, 0.717) is 29.2 Å². The van der Waals surface area contributed by atoms with Crippen molar-refractivity contribution < 1.29 is 24.5 Å². The van der Waals surface area contributed by atoms with E-state index < -0.39 is 17.7 Å². The molecule has 0 radical (unpaired) electrons. The summed E-state index contributed by atoms with van der Waals surface area (Å²) >= 11 is 6.15. The Hall–Kier alpha value is -3.77. The van der Waals surface area contributed by atoms with Crippen molar-refractivity contribution in [2.24, 2.45) is 0 Å². The number of aliphatic hydroxyl groups is 1. The zero-order valence-electron chi connectivity index (χ0n) is 19.3. The number of ether oxygens (including phenoxy) is 1. The normalized spacial score (nSPS) is 17.1. The van der Waals surface area contributed by atoms with Gasteiger partial charge in [-0.15, -0.1) is 0 Å². The Morgan fingerprint density at radius 2 is 1.71 bits per heavy atom. The number of para-hydroxylation sites is 1. The van der Waals surface area contributed by atoms with Crippen LogP contribution in [0.4, 0.5) is 5.69 Å². The van der Waals surface area contributed by atoms with Crippen molar-refractivity contribution in [3.8, 4) is 11.5 Å². The number of ketones is 1. The first-order chi connectivity index (χ1) is 16.9. The molecule has 6 nitrogen and oxygen atoms in total. The third-order valence-corrected chi connectivity index (χ3v) is 6.21. The van der Waals surface area contributed by atoms with Crippen LogP contribution in [0.1, 0.15) is 43.4 Å². The third kappa shape index (κ3) is 5.03. The van der Waals surface area contributed by atoms with E-state index >= 15 is 0 Å². The predicted octanol–water partition coefficient (Wildman–Crippen LogP) is 6.24. The number of aliphatic hydroxyl groups excluding tert-OH is 1. The van der Waals surface area contributed by atoms with Gasteiger partial charge < -0.3 is 14.9 Å². The monoisotopic (exact) mass is 491 g/mol. The summed E-state index contributed by atoms with van der Waals surface area (Å²) in [6.45, 7) is 2.72. The summed E-state index contributed by atoms with van der Waals surface area (Å²) in [6, 6.07) is 19.0. The van der Waals surface area contributed by atoms with Crippen molar-refractivity contribution in [3.63, 3.8) is 0 Å². The van der Waals surface area contributed by atoms with Crippen LogP contribution in [0.3, 0.4) is 0 Å². The molecule has 0 spiro atoms. The molecule has 4 rings (SSSR count). The molecule has 0 aliphatic carbocycles. The summed E-state index contributed by atoms with van der Waals surface area (Å²) in [7, 11) is 0. The highest BCUT2D eigenvalue weighted by Crippen LogP contribution is 2.43. The number of phenols is 1. The second-order valence-electron chi connectivity index (χ2n) is 8.30. The Morgan fingerprint density at radius 1 is 1.00 bits per heavy atom. The molecule has 35 heavy (non-hydrogen) atoms. The van der Waals surface area contributed by atoms with Gasteiger partial charge in [0.05, 0.1) is 23.2 Å². The summed E-state index contributed by atoms with van der Waals surface area (Å²) in [5.74, 6) is -1.33. The molecule has 1 fully saturated rings. The highest BCUT2D eigenvalue weighted by Gasteiger charge is 2.47. The Balaban J connectivity index is 1.76. The standard InChI is InChI=1S/C28H26ClNO5/c1-2-3-7-16-35-21-13-10-18(11-14-21)26(32)24-25(19-12-15-23(31)22(29)17-19)30(28(34)27(24)33)20-8-5-4-6-9-20/h4-6,8-15,17,25,31-32H,2-3,7,16H2,1H3/b26-24-. The van der Waals surface area contributed by atoms with Crippen LogP contribution in [0, 0.1) is 0 Å². The van der Waals surface area contributed by atoms with Crippen LogP contribution in [0.2, 0.25) is 5.02 Å². The summed E-state index contributed by atoms with van der Waals surface area (Å²) in [5.41, 5.74) is 1.30. The molecule has 0 aromatic heterocycles. The van der Waals surface area contributed by atoms with E-state index in [4.69, 9.17) is 16.3 Å². The van der Waals surface area contributed by atoms with E-state index in [0.717, 1.165) is 19.3 Å². The number of phenolic OH excluding ortho intramolecular Hbond substituents is 1. The van der Waals surface area contributed by atoms with Crippen molar-refractivity contribution in [1.82, 2.24) is 0 Å². The van der Waals surface area contributed by atoms with Gasteiger partial charge in [0.2, 0.25) is 0 Å². The minimum atomic E-state index is -0.930. The Morgan fingerprint density at radius 3 is 2.37 bits per heavy atom. The smallest absolute Gasteiger partial charge is 0.300 e. The lowest BCUT2D eigenvalue weighted by Gasteiger charge is -2.25. The van der Waals surface area contributed by atoms with E-state index in [9.17, 15) is 19.8 Å². The molecule has 1 amide bonds. The number of nitrogens with zero attached hydrogens (tertiary/aromatic N) is 1. The zero-order valence-corrected chi connectivity index (χ0v) is 20.0. The first kappa shape index (κ1) is 24.4. The molecule has 1 aliphatic heterocycles. The molecule has 3 aromatic rings. The second kappa shape index (κ2) is 10.7. The van der Waals surface area contributed by atoms with E-state index in [1.807, 2.05) is 0 Å². The first-order valence-corrected chi connectivity index (χ1v) is 11.9. The Bertz CT molecular complexity index is 1250. The van der Waals surface area contributed by atoms with Gasteiger partial charge in [0, 0.05) is 11.3 Å². The number of Topliss-reactive ketones (excluding diaryl/α,β-unsaturated/α-hetero) is 1. The molecule has 1 heterocycles. The molecular weight excluding hydrogens is 466 g/mol. The van der Waals surface area contributed by atoms with Crippen LogP contribution in [0.5, 0.6) is 11.5 Å². The fourth-order valence-corrected chi connectivity index (χ4v) is 4.29. The zero-order chi connectivity index (χ0) is 24.9. The molecular formula is C28H26ClNO5. The van der Waals surface area contributed by atoms with Gasteiger partial charge in [-0.2, -0.15) is 0 Å². The molecule has 180 valence electrons. The molecule has 2 N–H and O–H groups in total. The minimum absolute atomic E-state index is 0.0581. The van der Waals surface area contributed by atoms with Gasteiger partial charge in [-0.1, -0.05) is 55.6 Å². The van der Waals surface area contributed by atoms with Crippen molar-refractivity contribution in [3.05, 3.63) is 94.5 Å². The molecule has 1 atom stereocenters. The number of unbranched alkanes of at least 4 members (excludes halogenated alkanes) is 2. The molecule has 3 aromatic carbocycles. The van der Waals surface area contributed by atoms with Gasteiger partial charge in [-0.25, -0.2) is 0 Å². The topological polar surface area (TPSA) is 87.1 Å². The van der Waals surface area contributed by atoms with Crippen molar-refractivity contribution >= 4 is 34.7 Å². The molecule has 1 saturated heterocycles. The van der Waals surface area contributed by atoms with Crippen LogP contribution in [0.15, 0.2) is 78.4 Å². The van der Waals surface area contributed by atoms with Crippen LogP contribution in [0.25, 0.3) is 5.76 Å². The summed E-state index contributed by atoms with van der Waals surface area (Å²) in [5, 5.41) is 21.2. The number of halogens is 1. The lowest BCUT2D eigenvalue weighted by molar-refractivity contribution is -0.132. The lowest BCUT2D eigenvalue weighted by Crippen LogP contribution is -2.29. The van der Waals surface area contributed by atoms with Gasteiger partial charge >= 0.3 is 0 Å². The van der Waals surface area contributed by atoms with E-state index in [1.54, 1.807) is 60.7 Å². The third-order valence-electron chi connectivity index (χ3n) is 5.91. The minimum Gasteiger partial charge on any atom is -0.507 e. The number of benzene rings is 3. The fourth-order valence-electron chi connectivity index (χ4n) is 4.10. The number of anilines is 1. The molecule has 1 unspecified atom stereocenters. The summed E-state index contributed by atoms with van der Waals surface area (Å²) in [6.07, 6.45) is 3.14. The maximum atomic E-state index is 13.2. The fraction of sp³-hybridized carbons (Fsp3) is 0.214. The average Bonchev–Trinajstić information content (AvgIpc) is 3.14. The van der Waals surface area contributed by atoms with Crippen molar-refractivity contribution in [1.29, 1.82) is 0 Å². The first-order valence-electron chi connectivity index (χ1n) is 11.5.